The molecule has 0 aromatic carbocycles. The third-order valence-corrected chi connectivity index (χ3v) is 0.618. The highest BCUT2D eigenvalue weighted by Gasteiger charge is 1.82. The SMILES string of the molecule is CCC(=N)CO. The summed E-state index contributed by atoms with van der Waals surface area (Å²) in [6.07, 6.45) is 0.663. The molecule has 0 saturated heterocycles. The zero-order valence-electron chi connectivity index (χ0n) is 3.86. The summed E-state index contributed by atoms with van der Waals surface area (Å²) in [6, 6.07) is 0. The van der Waals surface area contributed by atoms with Crippen molar-refractivity contribution in [3.8, 4) is 0 Å². The molecule has 0 unspecified atom stereocenters. The first kappa shape index (κ1) is 5.63. The second-order valence-electron chi connectivity index (χ2n) is 1.12. The van der Waals surface area contributed by atoms with Crippen LogP contribution < -0.4 is 0 Å². The highest BCUT2D eigenvalue weighted by Crippen LogP contribution is 1.74. The molecule has 2 heteroatoms. The Kier molecular flexibility index (Phi) is 2.67. The molecule has 0 aliphatic carbocycles. The van der Waals surface area contributed by atoms with E-state index in [4.69, 9.17) is 10.5 Å². The van der Waals surface area contributed by atoms with Crippen molar-refractivity contribution < 1.29 is 5.11 Å². The average Bonchev–Trinajstić information content (AvgIpc) is 1.65. The van der Waals surface area contributed by atoms with Crippen LogP contribution in [0, 0.1) is 5.41 Å². The molecule has 36 valence electrons. The minimum atomic E-state index is -0.0868. The molecule has 0 aliphatic heterocycles. The minimum absolute atomic E-state index is 0.0868. The maximum absolute atomic E-state index is 8.11. The zero-order chi connectivity index (χ0) is 4.99. The Balaban J connectivity index is 2.99. The predicted molar refractivity (Wildman–Crippen MR) is 25.1 cm³/mol. The number of hydrogen-bond acceptors (Lipinski definition) is 2. The van der Waals surface area contributed by atoms with Crippen LogP contribution in [0.1, 0.15) is 13.3 Å². The van der Waals surface area contributed by atoms with Crippen molar-refractivity contribution in [1.82, 2.24) is 0 Å². The monoisotopic (exact) mass is 87.1 g/mol. The average molecular weight is 87.1 g/mol. The van der Waals surface area contributed by atoms with Crippen LogP contribution in [-0.2, 0) is 0 Å². The lowest BCUT2D eigenvalue weighted by molar-refractivity contribution is 0.354. The van der Waals surface area contributed by atoms with Gasteiger partial charge in [0.15, 0.2) is 0 Å². The predicted octanol–water partition coefficient (Wildman–Crippen LogP) is 0.408. The van der Waals surface area contributed by atoms with Gasteiger partial charge in [0, 0.05) is 5.71 Å². The third-order valence-electron chi connectivity index (χ3n) is 0.618. The van der Waals surface area contributed by atoms with Crippen LogP contribution in [0.5, 0.6) is 0 Å². The molecule has 0 rings (SSSR count). The summed E-state index contributed by atoms with van der Waals surface area (Å²) in [5.41, 5.74) is 0.398. The summed E-state index contributed by atoms with van der Waals surface area (Å²) in [5.74, 6) is 0. The van der Waals surface area contributed by atoms with Gasteiger partial charge in [-0.2, -0.15) is 0 Å². The van der Waals surface area contributed by atoms with Gasteiger partial charge < -0.3 is 10.5 Å². The van der Waals surface area contributed by atoms with E-state index in [0.717, 1.165) is 0 Å². The summed E-state index contributed by atoms with van der Waals surface area (Å²) in [4.78, 5) is 0. The largest absolute Gasteiger partial charge is 0.390 e. The van der Waals surface area contributed by atoms with Gasteiger partial charge in [0.2, 0.25) is 0 Å². The molecule has 0 atom stereocenters. The molecular weight excluding hydrogens is 78.0 g/mol. The molecule has 0 saturated carbocycles. The molecule has 0 heterocycles. The Morgan fingerprint density at radius 1 is 1.83 bits per heavy atom. The number of nitrogens with one attached hydrogen (secondary N) is 1. The van der Waals surface area contributed by atoms with Crippen molar-refractivity contribution >= 4 is 5.71 Å². The molecule has 0 aliphatic rings. The number of aliphatic hydroxyl groups is 1. The summed E-state index contributed by atoms with van der Waals surface area (Å²) in [6.45, 7) is 1.76. The van der Waals surface area contributed by atoms with Crippen molar-refractivity contribution in [2.45, 2.75) is 13.3 Å². The van der Waals surface area contributed by atoms with Gasteiger partial charge >= 0.3 is 0 Å². The van der Waals surface area contributed by atoms with Crippen molar-refractivity contribution in [1.29, 1.82) is 5.41 Å². The Morgan fingerprint density at radius 2 is 2.33 bits per heavy atom. The fourth-order valence-electron chi connectivity index (χ4n) is 0.112. The molecule has 6 heavy (non-hydrogen) atoms. The van der Waals surface area contributed by atoms with Crippen LogP contribution in [0.2, 0.25) is 0 Å². The lowest BCUT2D eigenvalue weighted by Gasteiger charge is -1.86. The van der Waals surface area contributed by atoms with E-state index in [0.29, 0.717) is 12.1 Å². The van der Waals surface area contributed by atoms with Crippen molar-refractivity contribution in [3.05, 3.63) is 0 Å². The number of rotatable bonds is 2. The summed E-state index contributed by atoms with van der Waals surface area (Å²) >= 11 is 0. The van der Waals surface area contributed by atoms with E-state index in [1.807, 2.05) is 6.92 Å². The van der Waals surface area contributed by atoms with E-state index in [9.17, 15) is 0 Å². The molecule has 0 spiro atoms. The lowest BCUT2D eigenvalue weighted by Crippen LogP contribution is -1.97. The van der Waals surface area contributed by atoms with Crippen molar-refractivity contribution in [2.24, 2.45) is 0 Å². The van der Waals surface area contributed by atoms with E-state index in [-0.39, 0.29) is 6.61 Å². The van der Waals surface area contributed by atoms with Gasteiger partial charge in [-0.05, 0) is 6.42 Å². The van der Waals surface area contributed by atoms with Crippen LogP contribution in [-0.4, -0.2) is 17.4 Å². The van der Waals surface area contributed by atoms with Gasteiger partial charge in [-0.1, -0.05) is 6.92 Å². The summed E-state index contributed by atoms with van der Waals surface area (Å²) in [5, 5.41) is 14.8. The zero-order valence-corrected chi connectivity index (χ0v) is 3.86. The van der Waals surface area contributed by atoms with Gasteiger partial charge in [-0.3, -0.25) is 0 Å². The molecule has 0 fully saturated rings. The second-order valence-corrected chi connectivity index (χ2v) is 1.12. The molecule has 0 bridgehead atoms. The summed E-state index contributed by atoms with van der Waals surface area (Å²) in [7, 11) is 0. The number of hydrogen-bond donors (Lipinski definition) is 2. The Hall–Kier alpha value is -0.370. The topological polar surface area (TPSA) is 44.1 Å². The minimum Gasteiger partial charge on any atom is -0.390 e. The highest BCUT2D eigenvalue weighted by molar-refractivity contribution is 5.81. The molecule has 0 aromatic heterocycles. The van der Waals surface area contributed by atoms with E-state index in [1.165, 1.54) is 0 Å². The first-order valence-electron chi connectivity index (χ1n) is 1.98. The van der Waals surface area contributed by atoms with E-state index < -0.39 is 0 Å². The van der Waals surface area contributed by atoms with Gasteiger partial charge in [0.25, 0.3) is 0 Å². The fourth-order valence-corrected chi connectivity index (χ4v) is 0.112. The standard InChI is InChI=1S/C4H9NO/c1-2-4(5)3-6/h5-6H,2-3H2,1H3. The molecular formula is C4H9NO. The fraction of sp³-hybridized carbons (Fsp3) is 0.750. The van der Waals surface area contributed by atoms with Crippen molar-refractivity contribution in [2.75, 3.05) is 6.61 Å². The van der Waals surface area contributed by atoms with Crippen LogP contribution in [0.25, 0.3) is 0 Å². The normalized spacial score (nSPS) is 8.33. The third kappa shape index (κ3) is 1.91. The smallest absolute Gasteiger partial charge is 0.0806 e. The van der Waals surface area contributed by atoms with E-state index in [1.54, 1.807) is 0 Å². The van der Waals surface area contributed by atoms with Gasteiger partial charge in [0.05, 0.1) is 6.61 Å². The van der Waals surface area contributed by atoms with Gasteiger partial charge in [0.1, 0.15) is 0 Å². The maximum atomic E-state index is 8.11. The van der Waals surface area contributed by atoms with Gasteiger partial charge in [-0.15, -0.1) is 0 Å². The molecule has 2 N–H and O–H groups in total. The van der Waals surface area contributed by atoms with Crippen LogP contribution in [0.3, 0.4) is 0 Å². The van der Waals surface area contributed by atoms with E-state index >= 15 is 0 Å². The maximum Gasteiger partial charge on any atom is 0.0806 e. The molecule has 0 amide bonds. The van der Waals surface area contributed by atoms with Gasteiger partial charge in [-0.25, -0.2) is 0 Å². The van der Waals surface area contributed by atoms with Crippen LogP contribution in [0.15, 0.2) is 0 Å². The first-order chi connectivity index (χ1) is 2.81. The summed E-state index contributed by atoms with van der Waals surface area (Å²) < 4.78 is 0. The van der Waals surface area contributed by atoms with Crippen molar-refractivity contribution in [3.63, 3.8) is 0 Å². The number of aliphatic hydroxyl groups excluding tert-OH is 1. The molecule has 2 nitrogen and oxygen atoms in total. The molecule has 0 radical (unpaired) electrons. The Labute approximate surface area is 37.3 Å². The van der Waals surface area contributed by atoms with Crippen LogP contribution >= 0.6 is 0 Å². The lowest BCUT2D eigenvalue weighted by atomic mass is 10.3. The molecule has 0 aromatic rings. The highest BCUT2D eigenvalue weighted by atomic mass is 16.3. The second kappa shape index (κ2) is 2.85. The van der Waals surface area contributed by atoms with E-state index in [2.05, 4.69) is 0 Å². The Bertz CT molecular complexity index is 45.5. The quantitative estimate of drug-likeness (QED) is 0.471. The van der Waals surface area contributed by atoms with Crippen LogP contribution in [0.4, 0.5) is 0 Å². The Morgan fingerprint density at radius 3 is 2.33 bits per heavy atom. The first-order valence-corrected chi connectivity index (χ1v) is 1.98.